The van der Waals surface area contributed by atoms with Crippen molar-refractivity contribution in [1.82, 2.24) is 20.0 Å². The van der Waals surface area contributed by atoms with E-state index in [0.717, 1.165) is 26.4 Å². The van der Waals surface area contributed by atoms with Crippen molar-refractivity contribution in [3.63, 3.8) is 0 Å². The topological polar surface area (TPSA) is 75.5 Å². The Labute approximate surface area is 179 Å². The second-order valence-corrected chi connectivity index (χ2v) is 8.60. The van der Waals surface area contributed by atoms with E-state index in [1.54, 1.807) is 31.3 Å². The molecule has 0 radical (unpaired) electrons. The summed E-state index contributed by atoms with van der Waals surface area (Å²) in [5, 5.41) is 5.18. The van der Waals surface area contributed by atoms with Crippen molar-refractivity contribution >= 4 is 38.3 Å². The summed E-state index contributed by atoms with van der Waals surface area (Å²) in [6.45, 7) is -0.0142. The number of amides is 2. The molecule has 0 saturated heterocycles. The molecule has 4 aromatic rings. The Bertz CT molecular complexity index is 1330. The average molecular weight is 440 g/mol. The molecule has 1 unspecified atom stereocenters. The molecule has 1 saturated carbocycles. The fraction of sp³-hybridized carbons (Fsp3) is 0.227. The van der Waals surface area contributed by atoms with Gasteiger partial charge in [-0.3, -0.25) is 14.0 Å². The van der Waals surface area contributed by atoms with E-state index >= 15 is 0 Å². The van der Waals surface area contributed by atoms with Gasteiger partial charge in [0, 0.05) is 48.8 Å². The first kappa shape index (κ1) is 19.6. The summed E-state index contributed by atoms with van der Waals surface area (Å²) in [5.41, 5.74) is 3.60. The summed E-state index contributed by atoms with van der Waals surface area (Å²) in [7, 11) is 1.59. The van der Waals surface area contributed by atoms with Gasteiger partial charge >= 0.3 is 0 Å². The lowest BCUT2D eigenvalue weighted by Gasteiger charge is -2.04. The second kappa shape index (κ2) is 7.12. The van der Waals surface area contributed by atoms with Gasteiger partial charge in [-0.15, -0.1) is 0 Å². The van der Waals surface area contributed by atoms with Crippen LogP contribution in [0.25, 0.3) is 26.4 Å². The lowest BCUT2D eigenvalue weighted by atomic mass is 10.1. The van der Waals surface area contributed by atoms with Crippen molar-refractivity contribution in [3.8, 4) is 11.3 Å². The van der Waals surface area contributed by atoms with Crippen LogP contribution in [0, 0.1) is 5.92 Å². The lowest BCUT2D eigenvalue weighted by molar-refractivity contribution is 0.0893. The van der Waals surface area contributed by atoms with Crippen LogP contribution in [0.1, 0.15) is 27.1 Å². The quantitative estimate of drug-likeness (QED) is 0.493. The summed E-state index contributed by atoms with van der Waals surface area (Å²) >= 11 is 1.44. The zero-order chi connectivity index (χ0) is 21.8. The number of hydrogen-bond donors (Lipinski definition) is 2. The van der Waals surface area contributed by atoms with Crippen LogP contribution < -0.4 is 10.6 Å². The molecule has 2 aromatic heterocycles. The summed E-state index contributed by atoms with van der Waals surface area (Å²) < 4.78 is 28.8. The second-order valence-electron chi connectivity index (χ2n) is 7.59. The number of benzene rings is 2. The Hall–Kier alpha value is -3.33. The average Bonchev–Trinajstić information content (AvgIpc) is 3.07. The van der Waals surface area contributed by atoms with E-state index in [1.807, 2.05) is 28.8 Å². The van der Waals surface area contributed by atoms with E-state index in [4.69, 9.17) is 0 Å². The number of rotatable bonds is 5. The van der Waals surface area contributed by atoms with Gasteiger partial charge < -0.3 is 10.6 Å². The maximum atomic E-state index is 13.0. The van der Waals surface area contributed by atoms with Gasteiger partial charge in [-0.25, -0.2) is 13.8 Å². The van der Waals surface area contributed by atoms with E-state index in [9.17, 15) is 18.4 Å². The molecule has 2 heterocycles. The summed E-state index contributed by atoms with van der Waals surface area (Å²) in [6, 6.07) is 12.5. The number of carbonyl (C=O) groups is 2. The van der Waals surface area contributed by atoms with Gasteiger partial charge in [0.05, 0.1) is 15.9 Å². The van der Waals surface area contributed by atoms with E-state index in [-0.39, 0.29) is 24.8 Å². The minimum absolute atomic E-state index is 0.0142. The van der Waals surface area contributed by atoms with Crippen LogP contribution in [0.15, 0.2) is 48.7 Å². The summed E-state index contributed by atoms with van der Waals surface area (Å²) in [4.78, 5) is 29.5. The number of thiazole rings is 1. The first-order valence-corrected chi connectivity index (χ1v) is 10.6. The summed E-state index contributed by atoms with van der Waals surface area (Å²) in [6.07, 6.45) is 1.75. The molecule has 1 aliphatic carbocycles. The molecule has 2 N–H and O–H groups in total. The fourth-order valence-electron chi connectivity index (χ4n) is 3.53. The van der Waals surface area contributed by atoms with Gasteiger partial charge in [0.15, 0.2) is 4.96 Å². The van der Waals surface area contributed by atoms with E-state index < -0.39 is 11.8 Å². The zero-order valence-electron chi connectivity index (χ0n) is 16.5. The highest BCUT2D eigenvalue weighted by Gasteiger charge is 2.56. The third-order valence-electron chi connectivity index (χ3n) is 5.49. The molecule has 2 amide bonds. The van der Waals surface area contributed by atoms with Gasteiger partial charge in [0.25, 0.3) is 17.7 Å². The van der Waals surface area contributed by atoms with Gasteiger partial charge in [0.2, 0.25) is 0 Å². The molecular weight excluding hydrogens is 422 g/mol. The van der Waals surface area contributed by atoms with Crippen molar-refractivity contribution in [2.24, 2.45) is 5.92 Å². The number of fused-ring (bicyclic) bond motifs is 3. The van der Waals surface area contributed by atoms with Crippen LogP contribution in [0.4, 0.5) is 8.78 Å². The van der Waals surface area contributed by atoms with Crippen molar-refractivity contribution in [1.29, 1.82) is 0 Å². The molecule has 6 nitrogen and oxygen atoms in total. The molecule has 1 aliphatic rings. The predicted octanol–water partition coefficient (Wildman–Crippen LogP) is 3.96. The van der Waals surface area contributed by atoms with Crippen LogP contribution in [0.3, 0.4) is 0 Å². The Morgan fingerprint density at radius 1 is 1.16 bits per heavy atom. The molecule has 1 fully saturated rings. The van der Waals surface area contributed by atoms with Crippen LogP contribution in [0.2, 0.25) is 0 Å². The van der Waals surface area contributed by atoms with Gasteiger partial charge in [0.1, 0.15) is 0 Å². The standard InChI is InChI=1S/C22H18F2N4O2S/c1-25-19(29)13-4-2-12(3-5-13)16-11-28-17-7-6-14(8-18(17)31-21(28)27-16)20(30)26-10-15-9-22(15,23)24/h2-8,11,15H,9-10H2,1H3,(H,25,29)(H,26,30). The molecule has 0 spiro atoms. The van der Waals surface area contributed by atoms with Crippen LogP contribution in [-0.2, 0) is 0 Å². The van der Waals surface area contributed by atoms with Gasteiger partial charge in [-0.1, -0.05) is 23.5 Å². The van der Waals surface area contributed by atoms with E-state index in [2.05, 4.69) is 15.6 Å². The Morgan fingerprint density at radius 3 is 2.55 bits per heavy atom. The Morgan fingerprint density at radius 2 is 1.87 bits per heavy atom. The molecule has 0 bridgehead atoms. The largest absolute Gasteiger partial charge is 0.355 e. The summed E-state index contributed by atoms with van der Waals surface area (Å²) in [5.74, 6) is -3.90. The van der Waals surface area contributed by atoms with E-state index in [0.29, 0.717) is 11.1 Å². The number of halogens is 2. The number of hydrogen-bond acceptors (Lipinski definition) is 4. The molecule has 158 valence electrons. The SMILES string of the molecule is CNC(=O)c1ccc(-c2cn3c(n2)sc2cc(C(=O)NCC4CC4(F)F)ccc23)cc1. The molecule has 0 aliphatic heterocycles. The number of imidazole rings is 1. The zero-order valence-corrected chi connectivity index (χ0v) is 17.3. The first-order chi connectivity index (χ1) is 14.9. The van der Waals surface area contributed by atoms with Crippen molar-refractivity contribution in [2.45, 2.75) is 12.3 Å². The molecular formula is C22H18F2N4O2S. The molecule has 5 rings (SSSR count). The van der Waals surface area contributed by atoms with Crippen molar-refractivity contribution in [3.05, 3.63) is 59.8 Å². The first-order valence-electron chi connectivity index (χ1n) is 9.76. The van der Waals surface area contributed by atoms with Crippen LogP contribution in [0.5, 0.6) is 0 Å². The highest BCUT2D eigenvalue weighted by Crippen LogP contribution is 2.48. The van der Waals surface area contributed by atoms with Gasteiger partial charge in [-0.2, -0.15) is 0 Å². The van der Waals surface area contributed by atoms with Gasteiger partial charge in [-0.05, 0) is 30.3 Å². The normalized spacial score (nSPS) is 17.1. The molecule has 2 aromatic carbocycles. The molecule has 9 heteroatoms. The van der Waals surface area contributed by atoms with Crippen molar-refractivity contribution < 1.29 is 18.4 Å². The minimum atomic E-state index is -2.64. The number of nitrogens with one attached hydrogen (secondary N) is 2. The Kier molecular flexibility index (Phi) is 4.51. The fourth-order valence-corrected chi connectivity index (χ4v) is 4.57. The maximum Gasteiger partial charge on any atom is 0.253 e. The highest BCUT2D eigenvalue weighted by molar-refractivity contribution is 7.23. The number of nitrogens with zero attached hydrogens (tertiary/aromatic N) is 2. The highest BCUT2D eigenvalue weighted by atomic mass is 32.1. The Balaban J connectivity index is 1.38. The van der Waals surface area contributed by atoms with Crippen LogP contribution in [-0.4, -0.2) is 40.7 Å². The number of carbonyl (C=O) groups excluding carboxylic acids is 2. The lowest BCUT2D eigenvalue weighted by Crippen LogP contribution is -2.26. The number of alkyl halides is 2. The monoisotopic (exact) mass is 440 g/mol. The third kappa shape index (κ3) is 3.54. The van der Waals surface area contributed by atoms with Crippen LogP contribution >= 0.6 is 11.3 Å². The smallest absolute Gasteiger partial charge is 0.253 e. The minimum Gasteiger partial charge on any atom is -0.355 e. The molecule has 1 atom stereocenters. The third-order valence-corrected chi connectivity index (χ3v) is 6.51. The van der Waals surface area contributed by atoms with E-state index in [1.165, 1.54) is 11.3 Å². The predicted molar refractivity (Wildman–Crippen MR) is 115 cm³/mol. The molecule has 31 heavy (non-hydrogen) atoms. The van der Waals surface area contributed by atoms with Crippen molar-refractivity contribution in [2.75, 3.05) is 13.6 Å². The number of aromatic nitrogens is 2. The maximum absolute atomic E-state index is 13.0.